The fourth-order valence-electron chi connectivity index (χ4n) is 8.39. The van der Waals surface area contributed by atoms with Gasteiger partial charge in [-0.1, -0.05) is 19.4 Å². The first-order valence-corrected chi connectivity index (χ1v) is 13.5. The largest absolute Gasteiger partial charge is 0.456 e. The van der Waals surface area contributed by atoms with E-state index in [1.165, 1.54) is 5.57 Å². The van der Waals surface area contributed by atoms with Crippen molar-refractivity contribution in [2.45, 2.75) is 90.8 Å². The van der Waals surface area contributed by atoms with Crippen molar-refractivity contribution in [3.63, 3.8) is 0 Å². The van der Waals surface area contributed by atoms with Crippen molar-refractivity contribution in [3.05, 3.63) is 11.6 Å². The van der Waals surface area contributed by atoms with Crippen LogP contribution in [0, 0.1) is 34.5 Å². The quantitative estimate of drug-likeness (QED) is 0.517. The van der Waals surface area contributed by atoms with Crippen LogP contribution in [0.1, 0.15) is 84.5 Å². The van der Waals surface area contributed by atoms with Crippen molar-refractivity contribution >= 4 is 17.5 Å². The van der Waals surface area contributed by atoms with Gasteiger partial charge < -0.3 is 14.2 Å². The van der Waals surface area contributed by atoms with Crippen LogP contribution in [0.15, 0.2) is 11.6 Å². The molecule has 1 unspecified atom stereocenters. The van der Waals surface area contributed by atoms with Gasteiger partial charge in [0.25, 0.3) is 0 Å². The molecule has 5 rings (SSSR count). The summed E-state index contributed by atoms with van der Waals surface area (Å²) in [5, 5.41) is 0. The maximum atomic E-state index is 13.2. The number of ketones is 2. The predicted octanol–water partition coefficient (Wildman–Crippen LogP) is 4.79. The summed E-state index contributed by atoms with van der Waals surface area (Å²) >= 11 is 0. The van der Waals surface area contributed by atoms with E-state index in [1.807, 2.05) is 6.08 Å². The third-order valence-electron chi connectivity index (χ3n) is 10.3. The van der Waals surface area contributed by atoms with E-state index < -0.39 is 5.97 Å². The molecule has 1 aliphatic heterocycles. The second-order valence-electron chi connectivity index (χ2n) is 11.9. The maximum Gasteiger partial charge on any atom is 0.332 e. The van der Waals surface area contributed by atoms with Gasteiger partial charge in [0.1, 0.15) is 13.2 Å². The van der Waals surface area contributed by atoms with Crippen molar-refractivity contribution in [1.82, 2.24) is 0 Å². The normalized spacial score (nSPS) is 41.6. The number of rotatable bonds is 6. The second kappa shape index (κ2) is 9.50. The minimum absolute atomic E-state index is 0.0147. The molecule has 0 N–H and O–H groups in total. The molecule has 188 valence electrons. The molecule has 6 nitrogen and oxygen atoms in total. The molecule has 0 spiro atoms. The number of Topliss-reactive ketones (excluding diaryl/α,β-unsaturated/α-hetero) is 1. The molecule has 6 heteroatoms. The molecule has 1 heterocycles. The zero-order chi connectivity index (χ0) is 23.9. The molecule has 0 aromatic heterocycles. The lowest BCUT2D eigenvalue weighted by atomic mass is 9.46. The number of carbonyl (C=O) groups excluding carboxylic acids is 3. The molecule has 34 heavy (non-hydrogen) atoms. The highest BCUT2D eigenvalue weighted by atomic mass is 16.7. The number of fused-ring (bicyclic) bond motifs is 5. The van der Waals surface area contributed by atoms with Crippen LogP contribution in [0.25, 0.3) is 0 Å². The Hall–Kier alpha value is -1.53. The molecule has 0 bridgehead atoms. The molecule has 7 atom stereocenters. The van der Waals surface area contributed by atoms with Gasteiger partial charge in [0, 0.05) is 18.9 Å². The molecule has 0 aromatic rings. The van der Waals surface area contributed by atoms with E-state index in [0.29, 0.717) is 36.6 Å². The minimum Gasteiger partial charge on any atom is -0.456 e. The van der Waals surface area contributed by atoms with Gasteiger partial charge in [0.15, 0.2) is 17.9 Å². The standard InChI is InChI=1S/C28H40O6/c1-27-12-10-19(29)15-18(27)6-7-20-21-8-9-23(28(21,2)13-11-22(20)27)24(30)16-33-25(31)17-34-26-5-3-4-14-32-26/h15,20-23,26H,3-14,16-17H2,1-2H3/t20-,21-,22-,23-,26?,27-,28-/m0/s1. The summed E-state index contributed by atoms with van der Waals surface area (Å²) < 4.78 is 16.3. The zero-order valence-corrected chi connectivity index (χ0v) is 20.8. The summed E-state index contributed by atoms with van der Waals surface area (Å²) in [7, 11) is 0. The second-order valence-corrected chi connectivity index (χ2v) is 11.9. The Balaban J connectivity index is 1.18. The Kier molecular flexibility index (Phi) is 6.75. The first kappa shape index (κ1) is 24.2. The summed E-state index contributed by atoms with van der Waals surface area (Å²) in [6.45, 7) is 5.05. The van der Waals surface area contributed by atoms with Crippen LogP contribution >= 0.6 is 0 Å². The number of hydrogen-bond acceptors (Lipinski definition) is 6. The molecule has 0 amide bonds. The van der Waals surface area contributed by atoms with E-state index >= 15 is 0 Å². The summed E-state index contributed by atoms with van der Waals surface area (Å²) in [6, 6.07) is 0. The number of esters is 1. The van der Waals surface area contributed by atoms with Crippen molar-refractivity contribution in [2.24, 2.45) is 34.5 Å². The molecule has 0 aromatic carbocycles. The molecule has 3 saturated carbocycles. The average Bonchev–Trinajstić information content (AvgIpc) is 3.19. The third kappa shape index (κ3) is 4.30. The van der Waals surface area contributed by atoms with E-state index in [0.717, 1.165) is 64.2 Å². The van der Waals surface area contributed by atoms with E-state index in [9.17, 15) is 14.4 Å². The highest BCUT2D eigenvalue weighted by molar-refractivity contribution is 5.91. The lowest BCUT2D eigenvalue weighted by Gasteiger charge is -2.58. The van der Waals surface area contributed by atoms with E-state index in [1.54, 1.807) is 0 Å². The van der Waals surface area contributed by atoms with Gasteiger partial charge in [0.05, 0.1) is 0 Å². The molecular formula is C28H40O6. The molecule has 4 fully saturated rings. The third-order valence-corrected chi connectivity index (χ3v) is 10.3. The van der Waals surface area contributed by atoms with E-state index in [4.69, 9.17) is 14.2 Å². The minimum atomic E-state index is -0.489. The Labute approximate surface area is 203 Å². The van der Waals surface area contributed by atoms with Crippen LogP contribution in [0.4, 0.5) is 0 Å². The Morgan fingerprint density at radius 1 is 1.00 bits per heavy atom. The smallest absolute Gasteiger partial charge is 0.332 e. The number of carbonyl (C=O) groups is 3. The summed E-state index contributed by atoms with van der Waals surface area (Å²) in [5.41, 5.74) is 1.52. The number of hydrogen-bond donors (Lipinski definition) is 0. The highest BCUT2D eigenvalue weighted by Gasteiger charge is 2.60. The predicted molar refractivity (Wildman–Crippen MR) is 126 cm³/mol. The van der Waals surface area contributed by atoms with Gasteiger partial charge in [-0.3, -0.25) is 9.59 Å². The molecule has 4 aliphatic carbocycles. The summed E-state index contributed by atoms with van der Waals surface area (Å²) in [4.78, 5) is 37.4. The zero-order valence-electron chi connectivity index (χ0n) is 20.8. The Bertz CT molecular complexity index is 857. The van der Waals surface area contributed by atoms with E-state index in [-0.39, 0.29) is 42.0 Å². The summed E-state index contributed by atoms with van der Waals surface area (Å²) in [6.07, 6.45) is 12.4. The van der Waals surface area contributed by atoms with Gasteiger partial charge in [0.2, 0.25) is 0 Å². The van der Waals surface area contributed by atoms with Crippen LogP contribution in [-0.2, 0) is 28.6 Å². The monoisotopic (exact) mass is 472 g/mol. The van der Waals surface area contributed by atoms with Crippen molar-refractivity contribution in [2.75, 3.05) is 19.8 Å². The van der Waals surface area contributed by atoms with Crippen molar-refractivity contribution < 1.29 is 28.6 Å². The van der Waals surface area contributed by atoms with Crippen LogP contribution in [0.2, 0.25) is 0 Å². The molecule has 5 aliphatic rings. The highest BCUT2D eigenvalue weighted by Crippen LogP contribution is 2.66. The first-order valence-electron chi connectivity index (χ1n) is 13.5. The lowest BCUT2D eigenvalue weighted by Crippen LogP contribution is -2.51. The summed E-state index contributed by atoms with van der Waals surface area (Å²) in [5.74, 6) is 1.62. The maximum absolute atomic E-state index is 13.2. The fraction of sp³-hybridized carbons (Fsp3) is 0.821. The van der Waals surface area contributed by atoms with Gasteiger partial charge in [-0.15, -0.1) is 0 Å². The van der Waals surface area contributed by atoms with Crippen molar-refractivity contribution in [3.8, 4) is 0 Å². The van der Waals surface area contributed by atoms with Gasteiger partial charge in [-0.2, -0.15) is 0 Å². The first-order chi connectivity index (χ1) is 16.3. The molecule has 0 radical (unpaired) electrons. The SMILES string of the molecule is C[C@]12CC[C@H]3[C@@H](CCC4=CC(=O)CC[C@@]43C)[C@@H]1CC[C@H]2C(=O)COC(=O)COC1CCCCO1. The Morgan fingerprint density at radius 3 is 2.65 bits per heavy atom. The molecule has 1 saturated heterocycles. The van der Waals surface area contributed by atoms with Gasteiger partial charge in [-0.05, 0) is 98.9 Å². The number of allylic oxidation sites excluding steroid dienone is 1. The van der Waals surface area contributed by atoms with Crippen LogP contribution in [-0.4, -0.2) is 43.6 Å². The van der Waals surface area contributed by atoms with Crippen LogP contribution < -0.4 is 0 Å². The topological polar surface area (TPSA) is 78.9 Å². The lowest BCUT2D eigenvalue weighted by molar-refractivity contribution is -0.182. The van der Waals surface area contributed by atoms with Crippen molar-refractivity contribution in [1.29, 1.82) is 0 Å². The van der Waals surface area contributed by atoms with Crippen LogP contribution in [0.5, 0.6) is 0 Å². The Morgan fingerprint density at radius 2 is 1.85 bits per heavy atom. The van der Waals surface area contributed by atoms with E-state index in [2.05, 4.69) is 13.8 Å². The molecular weight excluding hydrogens is 432 g/mol. The van der Waals surface area contributed by atoms with Crippen LogP contribution in [0.3, 0.4) is 0 Å². The fourth-order valence-corrected chi connectivity index (χ4v) is 8.39. The van der Waals surface area contributed by atoms with Gasteiger partial charge in [-0.25, -0.2) is 4.79 Å². The number of ether oxygens (including phenoxy) is 3. The average molecular weight is 473 g/mol. The van der Waals surface area contributed by atoms with Gasteiger partial charge >= 0.3 is 5.97 Å².